The van der Waals surface area contributed by atoms with E-state index in [1.807, 2.05) is 26.0 Å². The van der Waals surface area contributed by atoms with Crippen LogP contribution in [0.1, 0.15) is 55.2 Å². The summed E-state index contributed by atoms with van der Waals surface area (Å²) in [5.74, 6) is 1.95. The molecule has 0 bridgehead atoms. The van der Waals surface area contributed by atoms with Gasteiger partial charge in [0.25, 0.3) is 0 Å². The topological polar surface area (TPSA) is 41.6 Å². The van der Waals surface area contributed by atoms with E-state index in [1.54, 1.807) is 7.11 Å². The third-order valence-corrected chi connectivity index (χ3v) is 7.10. The van der Waals surface area contributed by atoms with Gasteiger partial charge in [0.15, 0.2) is 0 Å². The number of benzene rings is 3. The zero-order valence-corrected chi connectivity index (χ0v) is 21.2. The quantitative estimate of drug-likeness (QED) is 0.388. The Bertz CT molecular complexity index is 1090. The summed E-state index contributed by atoms with van der Waals surface area (Å²) in [7, 11) is 1.73. The fourth-order valence-electron chi connectivity index (χ4n) is 5.01. The normalized spacial score (nSPS) is 15.7. The first kappa shape index (κ1) is 25.0. The van der Waals surface area contributed by atoms with E-state index in [-0.39, 0.29) is 11.8 Å². The molecule has 1 N–H and O–H groups in total. The van der Waals surface area contributed by atoms with Gasteiger partial charge < -0.3 is 15.0 Å². The maximum absolute atomic E-state index is 12.1. The van der Waals surface area contributed by atoms with Gasteiger partial charge in [-0.3, -0.25) is 4.79 Å². The number of ether oxygens (including phenoxy) is 1. The van der Waals surface area contributed by atoms with E-state index in [4.69, 9.17) is 4.74 Å². The Morgan fingerprint density at radius 2 is 1.71 bits per heavy atom. The van der Waals surface area contributed by atoms with Crippen LogP contribution in [0.5, 0.6) is 5.75 Å². The monoisotopic (exact) mass is 470 g/mol. The summed E-state index contributed by atoms with van der Waals surface area (Å²) in [5.41, 5.74) is 4.95. The van der Waals surface area contributed by atoms with Crippen molar-refractivity contribution in [2.24, 2.45) is 5.92 Å². The fourth-order valence-corrected chi connectivity index (χ4v) is 5.01. The molecule has 0 unspecified atom stereocenters. The predicted molar refractivity (Wildman–Crippen MR) is 144 cm³/mol. The Labute approximate surface area is 210 Å². The summed E-state index contributed by atoms with van der Waals surface area (Å²) in [4.78, 5) is 14.7. The minimum atomic E-state index is -0.0172. The van der Waals surface area contributed by atoms with Crippen molar-refractivity contribution in [3.05, 3.63) is 95.6 Å². The molecule has 3 aromatic rings. The lowest BCUT2D eigenvalue weighted by molar-refractivity contribution is -0.118. The molecular weight excluding hydrogens is 432 g/mol. The van der Waals surface area contributed by atoms with E-state index in [9.17, 15) is 4.79 Å². The van der Waals surface area contributed by atoms with Gasteiger partial charge in [-0.15, -0.1) is 0 Å². The largest absolute Gasteiger partial charge is 0.497 e. The maximum atomic E-state index is 12.1. The molecule has 1 fully saturated rings. The van der Waals surface area contributed by atoms with Gasteiger partial charge in [-0.25, -0.2) is 0 Å². The first-order valence-electron chi connectivity index (χ1n) is 12.8. The zero-order chi connectivity index (χ0) is 24.6. The van der Waals surface area contributed by atoms with Gasteiger partial charge in [0.1, 0.15) is 5.75 Å². The standard InChI is InChI=1S/C31H38N2O2/c1-23(2)31(34)32-29-13-8-12-27(21-29)26-15-17-33(18-16-26)22-28(25-10-5-4-6-11-25)19-24-9-7-14-30(20-24)35-3/h4-14,20-21,23,26,28H,15-19,22H2,1-3H3,(H,32,34)/t28-/m0/s1. The second-order valence-corrected chi connectivity index (χ2v) is 10.0. The summed E-state index contributed by atoms with van der Waals surface area (Å²) >= 11 is 0. The third-order valence-electron chi connectivity index (χ3n) is 7.10. The van der Waals surface area contributed by atoms with E-state index in [0.29, 0.717) is 11.8 Å². The molecule has 4 heteroatoms. The molecule has 35 heavy (non-hydrogen) atoms. The molecular formula is C31H38N2O2. The number of carbonyl (C=O) groups excluding carboxylic acids is 1. The van der Waals surface area contributed by atoms with Crippen LogP contribution in [-0.2, 0) is 11.2 Å². The molecule has 0 aliphatic carbocycles. The smallest absolute Gasteiger partial charge is 0.226 e. The van der Waals surface area contributed by atoms with E-state index in [1.165, 1.54) is 16.7 Å². The molecule has 1 aliphatic rings. The number of piperidine rings is 1. The van der Waals surface area contributed by atoms with E-state index in [2.05, 4.69) is 76.9 Å². The molecule has 1 atom stereocenters. The van der Waals surface area contributed by atoms with Crippen molar-refractivity contribution < 1.29 is 9.53 Å². The number of hydrogen-bond acceptors (Lipinski definition) is 3. The number of methoxy groups -OCH3 is 1. The van der Waals surface area contributed by atoms with Gasteiger partial charge in [-0.05, 0) is 79.2 Å². The Kier molecular flexibility index (Phi) is 8.59. The van der Waals surface area contributed by atoms with Crippen molar-refractivity contribution in [2.75, 3.05) is 32.1 Å². The molecule has 184 valence electrons. The number of likely N-dealkylation sites (tertiary alicyclic amines) is 1. The lowest BCUT2D eigenvalue weighted by Crippen LogP contribution is -2.36. The second kappa shape index (κ2) is 12.0. The number of anilines is 1. The summed E-state index contributed by atoms with van der Waals surface area (Å²) < 4.78 is 5.45. The van der Waals surface area contributed by atoms with Crippen molar-refractivity contribution in [2.45, 2.75) is 44.9 Å². The fraction of sp³-hybridized carbons (Fsp3) is 0.387. The van der Waals surface area contributed by atoms with Gasteiger partial charge in [-0.1, -0.05) is 68.4 Å². The minimum Gasteiger partial charge on any atom is -0.497 e. The van der Waals surface area contributed by atoms with Gasteiger partial charge in [0.2, 0.25) is 5.91 Å². The Morgan fingerprint density at radius 3 is 2.43 bits per heavy atom. The highest BCUT2D eigenvalue weighted by atomic mass is 16.5. The lowest BCUT2D eigenvalue weighted by atomic mass is 9.87. The van der Waals surface area contributed by atoms with Crippen molar-refractivity contribution in [1.82, 2.24) is 4.90 Å². The van der Waals surface area contributed by atoms with Crippen LogP contribution in [-0.4, -0.2) is 37.6 Å². The number of carbonyl (C=O) groups is 1. The maximum Gasteiger partial charge on any atom is 0.226 e. The summed E-state index contributed by atoms with van der Waals surface area (Å²) in [6.45, 7) is 7.08. The van der Waals surface area contributed by atoms with Crippen molar-refractivity contribution in [1.29, 1.82) is 0 Å². The molecule has 3 aromatic carbocycles. The molecule has 1 amide bonds. The van der Waals surface area contributed by atoms with Gasteiger partial charge in [0, 0.05) is 24.1 Å². The molecule has 0 spiro atoms. The highest BCUT2D eigenvalue weighted by Gasteiger charge is 2.24. The van der Waals surface area contributed by atoms with Crippen LogP contribution in [0.4, 0.5) is 5.69 Å². The molecule has 0 saturated carbocycles. The lowest BCUT2D eigenvalue weighted by Gasteiger charge is -2.35. The van der Waals surface area contributed by atoms with Crippen molar-refractivity contribution in [3.63, 3.8) is 0 Å². The molecule has 0 aromatic heterocycles. The molecule has 1 saturated heterocycles. The Balaban J connectivity index is 1.39. The summed E-state index contributed by atoms with van der Waals surface area (Å²) in [6.07, 6.45) is 3.28. The predicted octanol–water partition coefficient (Wildman–Crippen LogP) is 6.50. The SMILES string of the molecule is COc1cccc(C[C@@H](CN2CCC(c3cccc(NC(=O)C(C)C)c3)CC2)c2ccccc2)c1. The summed E-state index contributed by atoms with van der Waals surface area (Å²) in [6, 6.07) is 27.8. The second-order valence-electron chi connectivity index (χ2n) is 10.0. The van der Waals surface area contributed by atoms with E-state index in [0.717, 1.165) is 50.3 Å². The average Bonchev–Trinajstić information content (AvgIpc) is 2.89. The first-order chi connectivity index (χ1) is 17.0. The Hall–Kier alpha value is -3.11. The van der Waals surface area contributed by atoms with Crippen LogP contribution >= 0.6 is 0 Å². The van der Waals surface area contributed by atoms with Crippen molar-refractivity contribution in [3.8, 4) is 5.75 Å². The van der Waals surface area contributed by atoms with Crippen LogP contribution in [0.25, 0.3) is 0 Å². The number of nitrogens with one attached hydrogen (secondary N) is 1. The molecule has 4 nitrogen and oxygen atoms in total. The van der Waals surface area contributed by atoms with Crippen LogP contribution in [0.15, 0.2) is 78.9 Å². The van der Waals surface area contributed by atoms with Gasteiger partial charge >= 0.3 is 0 Å². The van der Waals surface area contributed by atoms with Gasteiger partial charge in [-0.2, -0.15) is 0 Å². The number of nitrogens with zero attached hydrogens (tertiary/aromatic N) is 1. The average molecular weight is 471 g/mol. The van der Waals surface area contributed by atoms with Crippen LogP contribution in [0, 0.1) is 5.92 Å². The summed E-state index contributed by atoms with van der Waals surface area (Å²) in [5, 5.41) is 3.05. The highest BCUT2D eigenvalue weighted by molar-refractivity contribution is 5.92. The number of amides is 1. The number of hydrogen-bond donors (Lipinski definition) is 1. The van der Waals surface area contributed by atoms with E-state index < -0.39 is 0 Å². The highest BCUT2D eigenvalue weighted by Crippen LogP contribution is 2.32. The number of rotatable bonds is 9. The van der Waals surface area contributed by atoms with Crippen molar-refractivity contribution >= 4 is 11.6 Å². The third kappa shape index (κ3) is 6.95. The zero-order valence-electron chi connectivity index (χ0n) is 21.2. The molecule has 0 radical (unpaired) electrons. The first-order valence-corrected chi connectivity index (χ1v) is 12.8. The minimum absolute atomic E-state index is 0.0172. The molecule has 4 rings (SSSR count). The van der Waals surface area contributed by atoms with E-state index >= 15 is 0 Å². The molecule has 1 aliphatic heterocycles. The van der Waals surface area contributed by atoms with Crippen LogP contribution in [0.2, 0.25) is 0 Å². The van der Waals surface area contributed by atoms with Crippen LogP contribution < -0.4 is 10.1 Å². The van der Waals surface area contributed by atoms with Crippen LogP contribution in [0.3, 0.4) is 0 Å². The molecule has 1 heterocycles. The van der Waals surface area contributed by atoms with Gasteiger partial charge in [0.05, 0.1) is 7.11 Å². The Morgan fingerprint density at radius 1 is 0.971 bits per heavy atom.